The first-order chi connectivity index (χ1) is 7.29. The molecule has 0 fully saturated rings. The first kappa shape index (κ1) is 15.4. The maximum atomic E-state index is 11.6. The van der Waals surface area contributed by atoms with Gasteiger partial charge in [0, 0.05) is 6.42 Å². The Morgan fingerprint density at radius 3 is 2.38 bits per heavy atom. The van der Waals surface area contributed by atoms with Crippen molar-refractivity contribution in [2.45, 2.75) is 58.6 Å². The predicted octanol–water partition coefficient (Wildman–Crippen LogP) is 1.03. The molecule has 1 amide bonds. The zero-order valence-corrected chi connectivity index (χ0v) is 10.9. The summed E-state index contributed by atoms with van der Waals surface area (Å²) in [5, 5.41) is 12.3. The number of carbonyl (C=O) groups is 1. The molecule has 2 atom stereocenters. The van der Waals surface area contributed by atoms with Gasteiger partial charge in [-0.25, -0.2) is 0 Å². The second-order valence-electron chi connectivity index (χ2n) is 5.17. The number of nitrogens with one attached hydrogen (secondary N) is 1. The summed E-state index contributed by atoms with van der Waals surface area (Å²) in [5.41, 5.74) is 4.88. The van der Waals surface area contributed by atoms with Crippen LogP contribution in [0, 0.1) is 5.92 Å². The van der Waals surface area contributed by atoms with Crippen LogP contribution in [0.4, 0.5) is 0 Å². The van der Waals surface area contributed by atoms with E-state index in [1.807, 2.05) is 13.8 Å². The van der Waals surface area contributed by atoms with Gasteiger partial charge in [0.25, 0.3) is 0 Å². The van der Waals surface area contributed by atoms with Gasteiger partial charge in [-0.1, -0.05) is 6.92 Å². The molecule has 0 bridgehead atoms. The van der Waals surface area contributed by atoms with Crippen molar-refractivity contribution in [3.63, 3.8) is 0 Å². The van der Waals surface area contributed by atoms with Gasteiger partial charge in [0.05, 0.1) is 11.6 Å². The van der Waals surface area contributed by atoms with E-state index in [0.29, 0.717) is 18.9 Å². The van der Waals surface area contributed by atoms with E-state index >= 15 is 0 Å². The van der Waals surface area contributed by atoms with Crippen LogP contribution in [0.5, 0.6) is 0 Å². The summed E-state index contributed by atoms with van der Waals surface area (Å²) < 4.78 is 0. The number of aliphatic hydroxyl groups is 1. The highest BCUT2D eigenvalue weighted by atomic mass is 16.3. The van der Waals surface area contributed by atoms with Crippen molar-refractivity contribution in [2.24, 2.45) is 11.7 Å². The van der Waals surface area contributed by atoms with Crippen molar-refractivity contribution in [2.75, 3.05) is 6.54 Å². The number of nitrogens with two attached hydrogens (primary N) is 1. The highest BCUT2D eigenvalue weighted by Crippen LogP contribution is 2.12. The van der Waals surface area contributed by atoms with Crippen LogP contribution in [0.25, 0.3) is 0 Å². The molecule has 0 aliphatic heterocycles. The maximum Gasteiger partial charge on any atom is 0.220 e. The number of carbonyl (C=O) groups excluding carboxylic acids is 1. The average molecular weight is 230 g/mol. The molecular weight excluding hydrogens is 204 g/mol. The minimum Gasteiger partial charge on any atom is -0.391 e. The van der Waals surface area contributed by atoms with Crippen molar-refractivity contribution in [1.82, 2.24) is 5.32 Å². The minimum absolute atomic E-state index is 0.00484. The fourth-order valence-corrected chi connectivity index (χ4v) is 1.33. The lowest BCUT2D eigenvalue weighted by molar-refractivity contribution is -0.124. The molecule has 4 nitrogen and oxygen atoms in total. The second-order valence-corrected chi connectivity index (χ2v) is 5.17. The Morgan fingerprint density at radius 1 is 1.38 bits per heavy atom. The summed E-state index contributed by atoms with van der Waals surface area (Å²) in [6, 6.07) is 0. The van der Waals surface area contributed by atoms with Crippen molar-refractivity contribution in [1.29, 1.82) is 0 Å². The highest BCUT2D eigenvalue weighted by molar-refractivity contribution is 5.76. The molecule has 0 heterocycles. The monoisotopic (exact) mass is 230 g/mol. The molecule has 96 valence electrons. The van der Waals surface area contributed by atoms with Crippen molar-refractivity contribution >= 4 is 5.91 Å². The average Bonchev–Trinajstić information content (AvgIpc) is 2.14. The van der Waals surface area contributed by atoms with Gasteiger partial charge in [-0.05, 0) is 46.1 Å². The molecule has 2 unspecified atom stereocenters. The normalized spacial score (nSPS) is 15.6. The van der Waals surface area contributed by atoms with Crippen LogP contribution in [-0.2, 0) is 4.79 Å². The van der Waals surface area contributed by atoms with Gasteiger partial charge in [-0.2, -0.15) is 0 Å². The number of hydrogen-bond donors (Lipinski definition) is 3. The van der Waals surface area contributed by atoms with E-state index in [4.69, 9.17) is 5.73 Å². The third-order valence-corrected chi connectivity index (χ3v) is 3.03. The van der Waals surface area contributed by atoms with Crippen LogP contribution in [0.15, 0.2) is 0 Å². The molecule has 16 heavy (non-hydrogen) atoms. The predicted molar refractivity (Wildman–Crippen MR) is 66.0 cm³/mol. The van der Waals surface area contributed by atoms with Gasteiger partial charge in [0.15, 0.2) is 0 Å². The first-order valence-corrected chi connectivity index (χ1v) is 5.98. The summed E-state index contributed by atoms with van der Waals surface area (Å²) in [6.45, 7) is 8.08. The van der Waals surface area contributed by atoms with Gasteiger partial charge in [0.1, 0.15) is 0 Å². The molecule has 0 aromatic heterocycles. The van der Waals surface area contributed by atoms with Gasteiger partial charge in [-0.3, -0.25) is 4.79 Å². The molecule has 0 rings (SSSR count). The number of aliphatic hydroxyl groups excluding tert-OH is 1. The van der Waals surface area contributed by atoms with Crippen LogP contribution in [0.3, 0.4) is 0 Å². The van der Waals surface area contributed by atoms with Crippen LogP contribution in [0.2, 0.25) is 0 Å². The van der Waals surface area contributed by atoms with Crippen molar-refractivity contribution in [3.8, 4) is 0 Å². The van der Waals surface area contributed by atoms with Crippen molar-refractivity contribution in [3.05, 3.63) is 0 Å². The van der Waals surface area contributed by atoms with E-state index in [0.717, 1.165) is 12.8 Å². The topological polar surface area (TPSA) is 75.4 Å². The van der Waals surface area contributed by atoms with Gasteiger partial charge in [-0.15, -0.1) is 0 Å². The zero-order valence-electron chi connectivity index (χ0n) is 10.9. The van der Waals surface area contributed by atoms with E-state index in [2.05, 4.69) is 12.2 Å². The second kappa shape index (κ2) is 6.86. The van der Waals surface area contributed by atoms with E-state index in [-0.39, 0.29) is 5.91 Å². The summed E-state index contributed by atoms with van der Waals surface area (Å²) in [5.74, 6) is 0.472. The highest BCUT2D eigenvalue weighted by Gasteiger charge is 2.25. The van der Waals surface area contributed by atoms with Crippen LogP contribution >= 0.6 is 0 Å². The Kier molecular flexibility index (Phi) is 6.60. The van der Waals surface area contributed by atoms with Crippen LogP contribution < -0.4 is 11.1 Å². The van der Waals surface area contributed by atoms with Crippen LogP contribution in [-0.4, -0.2) is 29.2 Å². The van der Waals surface area contributed by atoms with E-state index < -0.39 is 11.6 Å². The largest absolute Gasteiger partial charge is 0.391 e. The van der Waals surface area contributed by atoms with Gasteiger partial charge >= 0.3 is 0 Å². The fraction of sp³-hybridized carbons (Fsp3) is 0.917. The van der Waals surface area contributed by atoms with E-state index in [1.54, 1.807) is 6.92 Å². The summed E-state index contributed by atoms with van der Waals surface area (Å²) in [4.78, 5) is 11.6. The lowest BCUT2D eigenvalue weighted by atomic mass is 9.97. The third-order valence-electron chi connectivity index (χ3n) is 3.03. The molecule has 0 spiro atoms. The molecule has 0 aliphatic rings. The Bertz CT molecular complexity index is 215. The molecule has 0 radical (unpaired) electrons. The molecule has 0 saturated heterocycles. The summed E-state index contributed by atoms with van der Waals surface area (Å²) >= 11 is 0. The molecule has 0 saturated carbocycles. The maximum absolute atomic E-state index is 11.6. The fourth-order valence-electron chi connectivity index (χ4n) is 1.33. The number of amides is 1. The Morgan fingerprint density at radius 2 is 1.94 bits per heavy atom. The first-order valence-electron chi connectivity index (χ1n) is 5.98. The molecular formula is C12H26N2O2. The van der Waals surface area contributed by atoms with Crippen LogP contribution in [0.1, 0.15) is 47.0 Å². The summed E-state index contributed by atoms with van der Waals surface area (Å²) in [7, 11) is 0. The minimum atomic E-state index is -0.561. The zero-order chi connectivity index (χ0) is 12.8. The lowest BCUT2D eigenvalue weighted by Gasteiger charge is -2.29. The summed E-state index contributed by atoms with van der Waals surface area (Å²) in [6.07, 6.45) is 1.74. The van der Waals surface area contributed by atoms with Gasteiger partial charge in [0.2, 0.25) is 5.91 Å². The third kappa shape index (κ3) is 6.08. The lowest BCUT2D eigenvalue weighted by Crippen LogP contribution is -2.50. The Labute approximate surface area is 98.6 Å². The molecule has 0 aliphatic carbocycles. The molecule has 4 N–H and O–H groups in total. The molecule has 4 heteroatoms. The van der Waals surface area contributed by atoms with E-state index in [1.165, 1.54) is 0 Å². The van der Waals surface area contributed by atoms with Gasteiger partial charge < -0.3 is 16.2 Å². The standard InChI is InChI=1S/C12H26N2O2/c1-9(7-8-13)5-6-11(16)14-12(3,4)10(2)15/h9-10,15H,5-8,13H2,1-4H3,(H,14,16). The molecule has 0 aromatic carbocycles. The Balaban J connectivity index is 3.91. The number of hydrogen-bond acceptors (Lipinski definition) is 3. The number of rotatable bonds is 7. The quantitative estimate of drug-likeness (QED) is 0.611. The Hall–Kier alpha value is -0.610. The smallest absolute Gasteiger partial charge is 0.220 e. The SMILES string of the molecule is CC(CCN)CCC(=O)NC(C)(C)C(C)O. The van der Waals surface area contributed by atoms with E-state index in [9.17, 15) is 9.90 Å². The molecule has 0 aromatic rings. The van der Waals surface area contributed by atoms with Crippen molar-refractivity contribution < 1.29 is 9.90 Å².